The van der Waals surface area contributed by atoms with Gasteiger partial charge in [-0.2, -0.15) is 0 Å². The van der Waals surface area contributed by atoms with Crippen LogP contribution >= 0.6 is 0 Å². The van der Waals surface area contributed by atoms with Gasteiger partial charge in [0.25, 0.3) is 0 Å². The number of imidazole rings is 1. The molecule has 2 aromatic rings. The van der Waals surface area contributed by atoms with Crippen molar-refractivity contribution in [1.29, 1.82) is 0 Å². The second-order valence-electron chi connectivity index (χ2n) is 6.01. The number of nitrogens with zero attached hydrogens (tertiary/aromatic N) is 2. The molecule has 4 heteroatoms. The normalized spacial score (nSPS) is 12.0. The van der Waals surface area contributed by atoms with Crippen LogP contribution in [0.2, 0.25) is 0 Å². The molecule has 19 heavy (non-hydrogen) atoms. The van der Waals surface area contributed by atoms with Gasteiger partial charge in [-0.1, -0.05) is 33.8 Å². The van der Waals surface area contributed by atoms with Gasteiger partial charge in [-0.05, 0) is 17.5 Å². The Morgan fingerprint density at radius 3 is 2.58 bits per heavy atom. The van der Waals surface area contributed by atoms with Crippen molar-refractivity contribution in [2.45, 2.75) is 40.7 Å². The number of rotatable bonds is 3. The molecule has 0 radical (unpaired) electrons. The van der Waals surface area contributed by atoms with Crippen molar-refractivity contribution in [3.05, 3.63) is 29.6 Å². The molecule has 102 valence electrons. The third-order valence-corrected chi connectivity index (χ3v) is 3.04. The van der Waals surface area contributed by atoms with Gasteiger partial charge in [-0.15, -0.1) is 0 Å². The molecule has 0 aliphatic carbocycles. The molecule has 1 aromatic carbocycles. The first-order valence-corrected chi connectivity index (χ1v) is 6.55. The minimum absolute atomic E-state index is 0.122. The van der Waals surface area contributed by atoms with E-state index >= 15 is 0 Å². The maximum absolute atomic E-state index is 11.3. The van der Waals surface area contributed by atoms with Crippen molar-refractivity contribution in [1.82, 2.24) is 9.55 Å². The molecule has 0 atom stereocenters. The van der Waals surface area contributed by atoms with E-state index in [1.165, 1.54) is 0 Å². The maximum atomic E-state index is 11.3. The van der Waals surface area contributed by atoms with E-state index in [1.807, 2.05) is 13.0 Å². The second-order valence-corrected chi connectivity index (χ2v) is 6.01. The summed E-state index contributed by atoms with van der Waals surface area (Å²) >= 11 is 0. The summed E-state index contributed by atoms with van der Waals surface area (Å²) in [5, 5.41) is 9.24. The first kappa shape index (κ1) is 13.6. The summed E-state index contributed by atoms with van der Waals surface area (Å²) in [6, 6.07) is 5.34. The Kier molecular flexibility index (Phi) is 3.35. The Labute approximate surface area is 113 Å². The summed E-state index contributed by atoms with van der Waals surface area (Å²) in [6.45, 7) is 9.37. The van der Waals surface area contributed by atoms with E-state index in [0.717, 1.165) is 24.3 Å². The predicted molar refractivity (Wildman–Crippen MR) is 75.5 cm³/mol. The standard InChI is InChI=1S/C15H20N2O2/c1-5-12-16-13-10(14(18)19)7-6-8-11(13)17(12)9-15(2,3)4/h6-8H,5,9H2,1-4H3,(H,18,19). The number of para-hydroxylation sites is 1. The molecule has 1 aromatic heterocycles. The minimum Gasteiger partial charge on any atom is -0.478 e. The van der Waals surface area contributed by atoms with Crippen molar-refractivity contribution < 1.29 is 9.90 Å². The lowest BCUT2D eigenvalue weighted by Crippen LogP contribution is -2.17. The number of hydrogen-bond donors (Lipinski definition) is 1. The number of benzene rings is 1. The number of hydrogen-bond acceptors (Lipinski definition) is 2. The molecule has 0 spiro atoms. The fourth-order valence-electron chi connectivity index (χ4n) is 2.29. The first-order valence-electron chi connectivity index (χ1n) is 6.55. The van der Waals surface area contributed by atoms with E-state index in [2.05, 4.69) is 30.3 Å². The average Bonchev–Trinajstić information content (AvgIpc) is 2.65. The monoisotopic (exact) mass is 260 g/mol. The number of aromatic nitrogens is 2. The number of carboxylic acids is 1. The highest BCUT2D eigenvalue weighted by Gasteiger charge is 2.19. The van der Waals surface area contributed by atoms with Gasteiger partial charge in [0.1, 0.15) is 11.3 Å². The Bertz CT molecular complexity index is 621. The van der Waals surface area contributed by atoms with Crippen LogP contribution in [0.5, 0.6) is 0 Å². The molecule has 0 amide bonds. The molecular formula is C15H20N2O2. The van der Waals surface area contributed by atoms with Crippen molar-refractivity contribution in [2.24, 2.45) is 5.41 Å². The lowest BCUT2D eigenvalue weighted by atomic mass is 9.96. The topological polar surface area (TPSA) is 55.1 Å². The number of carbonyl (C=O) groups is 1. The largest absolute Gasteiger partial charge is 0.478 e. The van der Waals surface area contributed by atoms with Crippen molar-refractivity contribution in [3.63, 3.8) is 0 Å². The summed E-state index contributed by atoms with van der Waals surface area (Å²) in [6.07, 6.45) is 0.795. The van der Waals surface area contributed by atoms with Gasteiger partial charge in [0.05, 0.1) is 11.1 Å². The zero-order valence-electron chi connectivity index (χ0n) is 11.9. The average molecular weight is 260 g/mol. The van der Waals surface area contributed by atoms with E-state index in [4.69, 9.17) is 0 Å². The van der Waals surface area contributed by atoms with Crippen molar-refractivity contribution in [3.8, 4) is 0 Å². The van der Waals surface area contributed by atoms with Gasteiger partial charge in [-0.25, -0.2) is 9.78 Å². The first-order chi connectivity index (χ1) is 8.83. The van der Waals surface area contributed by atoms with Crippen LogP contribution in [0.15, 0.2) is 18.2 Å². The third-order valence-electron chi connectivity index (χ3n) is 3.04. The van der Waals surface area contributed by atoms with Crippen LogP contribution in [0.25, 0.3) is 11.0 Å². The van der Waals surface area contributed by atoms with Crippen LogP contribution in [0.4, 0.5) is 0 Å². The van der Waals surface area contributed by atoms with E-state index < -0.39 is 5.97 Å². The molecule has 0 bridgehead atoms. The van der Waals surface area contributed by atoms with Gasteiger partial charge in [-0.3, -0.25) is 0 Å². The van der Waals surface area contributed by atoms with Crippen LogP contribution in [0.1, 0.15) is 43.9 Å². The summed E-state index contributed by atoms with van der Waals surface area (Å²) in [4.78, 5) is 15.8. The number of aryl methyl sites for hydroxylation is 1. The second kappa shape index (κ2) is 4.68. The van der Waals surface area contributed by atoms with Gasteiger partial charge >= 0.3 is 5.97 Å². The lowest BCUT2D eigenvalue weighted by Gasteiger charge is -2.21. The van der Waals surface area contributed by atoms with E-state index in [-0.39, 0.29) is 11.0 Å². The van der Waals surface area contributed by atoms with Crippen molar-refractivity contribution in [2.75, 3.05) is 0 Å². The molecule has 1 heterocycles. The van der Waals surface area contributed by atoms with Crippen LogP contribution < -0.4 is 0 Å². The molecule has 0 saturated heterocycles. The molecule has 2 rings (SSSR count). The molecule has 1 N–H and O–H groups in total. The Morgan fingerprint density at radius 2 is 2.05 bits per heavy atom. The molecule has 0 saturated carbocycles. The quantitative estimate of drug-likeness (QED) is 0.920. The number of fused-ring (bicyclic) bond motifs is 1. The van der Waals surface area contributed by atoms with E-state index in [1.54, 1.807) is 12.1 Å². The van der Waals surface area contributed by atoms with Crippen LogP contribution in [-0.4, -0.2) is 20.6 Å². The van der Waals surface area contributed by atoms with E-state index in [0.29, 0.717) is 5.52 Å². The van der Waals surface area contributed by atoms with Crippen LogP contribution in [0.3, 0.4) is 0 Å². The highest BCUT2D eigenvalue weighted by Crippen LogP contribution is 2.25. The zero-order chi connectivity index (χ0) is 14.2. The lowest BCUT2D eigenvalue weighted by molar-refractivity contribution is 0.0699. The fraction of sp³-hybridized carbons (Fsp3) is 0.467. The highest BCUT2D eigenvalue weighted by atomic mass is 16.4. The molecule has 0 aliphatic rings. The third kappa shape index (κ3) is 2.62. The van der Waals surface area contributed by atoms with Gasteiger partial charge in [0.2, 0.25) is 0 Å². The van der Waals surface area contributed by atoms with Gasteiger partial charge in [0, 0.05) is 13.0 Å². The summed E-state index contributed by atoms with van der Waals surface area (Å²) < 4.78 is 2.14. The van der Waals surface area contributed by atoms with Gasteiger partial charge in [0.15, 0.2) is 0 Å². The fourth-order valence-corrected chi connectivity index (χ4v) is 2.29. The molecule has 4 nitrogen and oxygen atoms in total. The highest BCUT2D eigenvalue weighted by molar-refractivity contribution is 6.01. The predicted octanol–water partition coefficient (Wildman–Crippen LogP) is 3.34. The molecular weight excluding hydrogens is 240 g/mol. The Morgan fingerprint density at radius 1 is 1.37 bits per heavy atom. The zero-order valence-corrected chi connectivity index (χ0v) is 11.9. The summed E-state index contributed by atoms with van der Waals surface area (Å²) in [5.41, 5.74) is 1.90. The van der Waals surface area contributed by atoms with Gasteiger partial charge < -0.3 is 9.67 Å². The minimum atomic E-state index is -0.923. The van der Waals surface area contributed by atoms with Crippen LogP contribution in [-0.2, 0) is 13.0 Å². The Hall–Kier alpha value is -1.84. The number of aromatic carboxylic acids is 1. The van der Waals surface area contributed by atoms with E-state index in [9.17, 15) is 9.90 Å². The molecule has 0 aliphatic heterocycles. The Balaban J connectivity index is 2.69. The SMILES string of the molecule is CCc1nc2c(C(=O)O)cccc2n1CC(C)(C)C. The smallest absolute Gasteiger partial charge is 0.337 e. The van der Waals surface area contributed by atoms with Crippen molar-refractivity contribution >= 4 is 17.0 Å². The summed E-state index contributed by atoms with van der Waals surface area (Å²) in [5.74, 6) is 0.0206. The number of carboxylic acid groups (broad SMARTS) is 1. The summed E-state index contributed by atoms with van der Waals surface area (Å²) in [7, 11) is 0. The van der Waals surface area contributed by atoms with Crippen LogP contribution in [0, 0.1) is 5.41 Å². The molecule has 0 unspecified atom stereocenters. The maximum Gasteiger partial charge on any atom is 0.337 e. The molecule has 0 fully saturated rings.